The maximum Gasteiger partial charge on any atom is 0.0945 e. The molecule has 134 valence electrons. The van der Waals surface area contributed by atoms with Gasteiger partial charge in [0.25, 0.3) is 0 Å². The predicted molar refractivity (Wildman–Crippen MR) is 105 cm³/mol. The summed E-state index contributed by atoms with van der Waals surface area (Å²) >= 11 is 0. The van der Waals surface area contributed by atoms with Gasteiger partial charge in [0.05, 0.1) is 6.33 Å². The van der Waals surface area contributed by atoms with Gasteiger partial charge in [0.2, 0.25) is 0 Å². The van der Waals surface area contributed by atoms with E-state index in [1.54, 1.807) is 0 Å². The van der Waals surface area contributed by atoms with Gasteiger partial charge < -0.3 is 9.47 Å². The van der Waals surface area contributed by atoms with E-state index in [-0.39, 0.29) is 24.8 Å². The molecule has 24 heavy (non-hydrogen) atoms. The van der Waals surface area contributed by atoms with Crippen LogP contribution in [0.15, 0.2) is 49.1 Å². The van der Waals surface area contributed by atoms with Gasteiger partial charge >= 0.3 is 0 Å². The lowest BCUT2D eigenvalue weighted by Gasteiger charge is -2.32. The Morgan fingerprint density at radius 2 is 1.75 bits per heavy atom. The number of halogens is 2. The number of aryl methyl sites for hydroxylation is 2. The number of hydrogen-bond donors (Lipinski definition) is 0. The lowest BCUT2D eigenvalue weighted by molar-refractivity contribution is 0.174. The fourth-order valence-electron chi connectivity index (χ4n) is 3.40. The van der Waals surface area contributed by atoms with Gasteiger partial charge in [0.15, 0.2) is 0 Å². The van der Waals surface area contributed by atoms with Crippen LogP contribution in [0.3, 0.4) is 0 Å². The summed E-state index contributed by atoms with van der Waals surface area (Å²) in [5, 5.41) is 0. The van der Waals surface area contributed by atoms with E-state index in [0.29, 0.717) is 0 Å². The zero-order valence-corrected chi connectivity index (χ0v) is 15.9. The Morgan fingerprint density at radius 1 is 1.00 bits per heavy atom. The molecule has 1 saturated heterocycles. The van der Waals surface area contributed by atoms with E-state index >= 15 is 0 Å². The molecular formula is C19H29Cl2N3. The minimum atomic E-state index is 0. The van der Waals surface area contributed by atoms with Crippen LogP contribution in [0.1, 0.15) is 31.2 Å². The molecule has 1 aliphatic heterocycles. The topological polar surface area (TPSA) is 21.1 Å². The van der Waals surface area contributed by atoms with Crippen LogP contribution in [-0.2, 0) is 13.0 Å². The second kappa shape index (κ2) is 11.5. The first-order chi connectivity index (χ1) is 10.9. The van der Waals surface area contributed by atoms with Crippen molar-refractivity contribution in [3.8, 4) is 0 Å². The SMILES string of the molecule is Cl.Cl.c1ccc(CCCN2CCC(CCn3ccnc3)CC2)cc1. The van der Waals surface area contributed by atoms with Crippen LogP contribution >= 0.6 is 24.8 Å². The highest BCUT2D eigenvalue weighted by atomic mass is 35.5. The number of piperidine rings is 1. The van der Waals surface area contributed by atoms with Gasteiger partial charge in [0, 0.05) is 18.9 Å². The molecule has 0 N–H and O–H groups in total. The molecular weight excluding hydrogens is 341 g/mol. The highest BCUT2D eigenvalue weighted by Crippen LogP contribution is 2.21. The lowest BCUT2D eigenvalue weighted by Crippen LogP contribution is -2.34. The van der Waals surface area contributed by atoms with Gasteiger partial charge in [-0.15, -0.1) is 24.8 Å². The first-order valence-corrected chi connectivity index (χ1v) is 8.62. The average Bonchev–Trinajstić information content (AvgIpc) is 3.09. The predicted octanol–water partition coefficient (Wildman–Crippen LogP) is 4.46. The van der Waals surface area contributed by atoms with Crippen molar-refractivity contribution in [3.05, 3.63) is 54.6 Å². The summed E-state index contributed by atoms with van der Waals surface area (Å²) in [6.45, 7) is 4.94. The van der Waals surface area contributed by atoms with E-state index in [2.05, 4.69) is 51.0 Å². The molecule has 0 atom stereocenters. The molecule has 0 spiro atoms. The Labute approximate surface area is 158 Å². The van der Waals surface area contributed by atoms with E-state index in [9.17, 15) is 0 Å². The van der Waals surface area contributed by atoms with Gasteiger partial charge in [-0.05, 0) is 63.2 Å². The van der Waals surface area contributed by atoms with Crippen LogP contribution in [0.2, 0.25) is 0 Å². The van der Waals surface area contributed by atoms with Gasteiger partial charge in [-0.1, -0.05) is 30.3 Å². The fraction of sp³-hybridized carbons (Fsp3) is 0.526. The Morgan fingerprint density at radius 3 is 2.42 bits per heavy atom. The maximum atomic E-state index is 4.11. The molecule has 1 aromatic heterocycles. The van der Waals surface area contributed by atoms with Crippen molar-refractivity contribution >= 4 is 24.8 Å². The zero-order valence-electron chi connectivity index (χ0n) is 14.2. The van der Waals surface area contributed by atoms with Gasteiger partial charge in [0.1, 0.15) is 0 Å². The summed E-state index contributed by atoms with van der Waals surface area (Å²) in [7, 11) is 0. The van der Waals surface area contributed by atoms with Crippen molar-refractivity contribution in [2.45, 2.75) is 38.6 Å². The molecule has 3 rings (SSSR count). The molecule has 0 amide bonds. The van der Waals surface area contributed by atoms with E-state index in [1.165, 1.54) is 57.3 Å². The van der Waals surface area contributed by atoms with E-state index in [4.69, 9.17) is 0 Å². The fourth-order valence-corrected chi connectivity index (χ4v) is 3.40. The zero-order chi connectivity index (χ0) is 15.0. The van der Waals surface area contributed by atoms with E-state index in [1.807, 2.05) is 12.5 Å². The van der Waals surface area contributed by atoms with Gasteiger partial charge in [-0.25, -0.2) is 4.98 Å². The molecule has 1 aromatic carbocycles. The molecule has 0 saturated carbocycles. The number of nitrogens with zero attached hydrogens (tertiary/aromatic N) is 3. The molecule has 2 aromatic rings. The van der Waals surface area contributed by atoms with Crippen molar-refractivity contribution in [2.75, 3.05) is 19.6 Å². The number of likely N-dealkylation sites (tertiary alicyclic amines) is 1. The summed E-state index contributed by atoms with van der Waals surface area (Å²) in [6, 6.07) is 10.9. The Hall–Kier alpha value is -1.03. The summed E-state index contributed by atoms with van der Waals surface area (Å²) in [6.07, 6.45) is 12.4. The number of rotatable bonds is 7. The van der Waals surface area contributed by atoms with Crippen LogP contribution in [0.4, 0.5) is 0 Å². The molecule has 0 radical (unpaired) electrons. The van der Waals surface area contributed by atoms with Crippen LogP contribution in [0.5, 0.6) is 0 Å². The summed E-state index contributed by atoms with van der Waals surface area (Å²) in [5.74, 6) is 0.896. The van der Waals surface area contributed by atoms with Crippen LogP contribution in [0.25, 0.3) is 0 Å². The lowest BCUT2D eigenvalue weighted by atomic mass is 9.93. The monoisotopic (exact) mass is 369 g/mol. The smallest absolute Gasteiger partial charge is 0.0945 e. The molecule has 0 bridgehead atoms. The van der Waals surface area contributed by atoms with Crippen molar-refractivity contribution in [3.63, 3.8) is 0 Å². The highest BCUT2D eigenvalue weighted by Gasteiger charge is 2.18. The third-order valence-electron chi connectivity index (χ3n) is 4.84. The van der Waals surface area contributed by atoms with E-state index in [0.717, 1.165) is 12.5 Å². The molecule has 1 aliphatic rings. The number of hydrogen-bond acceptors (Lipinski definition) is 2. The van der Waals surface area contributed by atoms with Gasteiger partial charge in [-0.3, -0.25) is 0 Å². The van der Waals surface area contributed by atoms with Crippen molar-refractivity contribution < 1.29 is 0 Å². The van der Waals surface area contributed by atoms with Crippen LogP contribution in [-0.4, -0.2) is 34.1 Å². The highest BCUT2D eigenvalue weighted by molar-refractivity contribution is 5.85. The Kier molecular flexibility index (Phi) is 10.1. The quantitative estimate of drug-likeness (QED) is 0.717. The maximum absolute atomic E-state index is 4.11. The largest absolute Gasteiger partial charge is 0.337 e. The second-order valence-corrected chi connectivity index (χ2v) is 6.46. The van der Waals surface area contributed by atoms with Crippen molar-refractivity contribution in [1.82, 2.24) is 14.5 Å². The molecule has 1 fully saturated rings. The Balaban J connectivity index is 0.00000144. The van der Waals surface area contributed by atoms with Crippen molar-refractivity contribution in [1.29, 1.82) is 0 Å². The van der Waals surface area contributed by atoms with Crippen LogP contribution in [0, 0.1) is 5.92 Å². The summed E-state index contributed by atoms with van der Waals surface area (Å²) in [5.41, 5.74) is 1.47. The number of benzene rings is 1. The second-order valence-electron chi connectivity index (χ2n) is 6.46. The number of aromatic nitrogens is 2. The van der Waals surface area contributed by atoms with E-state index < -0.39 is 0 Å². The standard InChI is InChI=1S/C19H27N3.2ClH/c1-2-5-18(6-3-1)7-4-12-21-13-8-19(9-14-21)10-15-22-16-11-20-17-22;;/h1-3,5-6,11,16-17,19H,4,7-10,12-15H2;2*1H. The normalized spacial score (nSPS) is 15.5. The third kappa shape index (κ3) is 6.84. The number of imidazole rings is 1. The molecule has 2 heterocycles. The van der Waals surface area contributed by atoms with Crippen LogP contribution < -0.4 is 0 Å². The minimum absolute atomic E-state index is 0. The first-order valence-electron chi connectivity index (χ1n) is 8.62. The van der Waals surface area contributed by atoms with Crippen molar-refractivity contribution in [2.24, 2.45) is 5.92 Å². The molecule has 0 unspecified atom stereocenters. The average molecular weight is 370 g/mol. The minimum Gasteiger partial charge on any atom is -0.337 e. The summed E-state index contributed by atoms with van der Waals surface area (Å²) < 4.78 is 2.20. The summed E-state index contributed by atoms with van der Waals surface area (Å²) in [4.78, 5) is 6.76. The molecule has 5 heteroatoms. The van der Waals surface area contributed by atoms with Gasteiger partial charge in [-0.2, -0.15) is 0 Å². The molecule has 3 nitrogen and oxygen atoms in total. The molecule has 0 aliphatic carbocycles. The Bertz CT molecular complexity index is 523. The third-order valence-corrected chi connectivity index (χ3v) is 4.84. The first kappa shape index (κ1) is 21.0.